The third-order valence-electron chi connectivity index (χ3n) is 4.41. The van der Waals surface area contributed by atoms with Crippen LogP contribution in [0.1, 0.15) is 0 Å². The van der Waals surface area contributed by atoms with Gasteiger partial charge in [-0.3, -0.25) is 0 Å². The van der Waals surface area contributed by atoms with Crippen LogP contribution in [0.25, 0.3) is 0 Å². The molecule has 4 atom stereocenters. The summed E-state index contributed by atoms with van der Waals surface area (Å²) in [6.07, 6.45) is -1.04. The van der Waals surface area contributed by atoms with Gasteiger partial charge >= 0.3 is 0 Å². The lowest BCUT2D eigenvalue weighted by Crippen LogP contribution is -2.60. The van der Waals surface area contributed by atoms with Crippen LogP contribution in [0.3, 0.4) is 0 Å². The van der Waals surface area contributed by atoms with Gasteiger partial charge in [0.25, 0.3) is 0 Å². The summed E-state index contributed by atoms with van der Waals surface area (Å²) in [4.78, 5) is 0. The first-order valence-corrected chi connectivity index (χ1v) is 34.0. The third-order valence-corrected chi connectivity index (χ3v) is 10.5. The summed E-state index contributed by atoms with van der Waals surface area (Å²) >= 11 is 0. The Bertz CT molecular complexity index is 582. The molecular formula is C24H62O6Si6. The van der Waals surface area contributed by atoms with Gasteiger partial charge in [0.2, 0.25) is 0 Å². The molecule has 0 aromatic rings. The van der Waals surface area contributed by atoms with Crippen molar-refractivity contribution in [2.45, 2.75) is 142 Å². The topological polar surface area (TPSA) is 55.4 Å². The highest BCUT2D eigenvalue weighted by atomic mass is 28.4. The quantitative estimate of drug-likeness (QED) is 0.158. The zero-order valence-corrected chi connectivity index (χ0v) is 33.2. The van der Waals surface area contributed by atoms with Gasteiger partial charge in [-0.2, -0.15) is 0 Å². The fourth-order valence-electron chi connectivity index (χ4n) is 3.49. The number of rotatable bonds is 17. The smallest absolute Gasteiger partial charge is 0.184 e. The summed E-state index contributed by atoms with van der Waals surface area (Å²) in [7, 11) is -11.4. The van der Waals surface area contributed by atoms with Gasteiger partial charge in [0.15, 0.2) is 49.9 Å². The Balaban J connectivity index is 6.80. The van der Waals surface area contributed by atoms with E-state index in [-0.39, 0.29) is 24.4 Å². The fourth-order valence-corrected chi connectivity index (χ4v) is 9.24. The van der Waals surface area contributed by atoms with E-state index in [2.05, 4.69) is 118 Å². The molecule has 0 amide bonds. The van der Waals surface area contributed by atoms with Crippen molar-refractivity contribution in [3.63, 3.8) is 0 Å². The van der Waals surface area contributed by atoms with E-state index in [1.807, 2.05) is 0 Å². The average Bonchev–Trinajstić information content (AvgIpc) is 2.53. The van der Waals surface area contributed by atoms with Crippen LogP contribution in [-0.2, 0) is 26.6 Å². The monoisotopic (exact) mass is 614 g/mol. The van der Waals surface area contributed by atoms with E-state index in [0.717, 1.165) is 0 Å². The lowest BCUT2D eigenvalue weighted by atomic mass is 10.0. The molecular weight excluding hydrogens is 553 g/mol. The highest BCUT2D eigenvalue weighted by molar-refractivity contribution is 6.71. The maximum atomic E-state index is 7.01. The standard InChI is InChI=1S/C24H62O6Si6/c1-31(2,3)25-19-21(27-33(7,8)9)23(29-35(13,14)15)24(30-36(16,17)18)22(28-34(10,11)12)20-26-32(4,5)6/h21-24H,19-20H2,1-18H3/t21-,22+,23-,24-/m1/s1. The summed E-state index contributed by atoms with van der Waals surface area (Å²) in [6, 6.07) is 0. The minimum absolute atomic E-state index is 0.226. The summed E-state index contributed by atoms with van der Waals surface area (Å²) in [5, 5.41) is 0. The molecule has 0 N–H and O–H groups in total. The van der Waals surface area contributed by atoms with Crippen LogP contribution < -0.4 is 0 Å². The van der Waals surface area contributed by atoms with E-state index >= 15 is 0 Å². The molecule has 6 nitrogen and oxygen atoms in total. The highest BCUT2D eigenvalue weighted by Gasteiger charge is 2.45. The molecule has 0 bridgehead atoms. The minimum Gasteiger partial charge on any atom is -0.415 e. The van der Waals surface area contributed by atoms with Crippen molar-refractivity contribution in [3.05, 3.63) is 0 Å². The van der Waals surface area contributed by atoms with Gasteiger partial charge in [-0.15, -0.1) is 0 Å². The van der Waals surface area contributed by atoms with Crippen molar-refractivity contribution in [3.8, 4) is 0 Å². The molecule has 0 fully saturated rings. The normalized spacial score (nSPS) is 18.2. The Morgan fingerprint density at radius 3 is 0.722 bits per heavy atom. The SMILES string of the molecule is C[Si](C)(C)OC[C@H](O[Si](C)(C)C)[C@@H](O[Si](C)(C)C)[C@H](O[Si](C)(C)C)[C@@H](CO[Si](C)(C)C)O[Si](C)(C)C. The van der Waals surface area contributed by atoms with Crippen LogP contribution in [0.2, 0.25) is 118 Å². The van der Waals surface area contributed by atoms with Gasteiger partial charge in [0.1, 0.15) is 0 Å². The molecule has 0 aliphatic carbocycles. The first-order chi connectivity index (χ1) is 15.6. The lowest BCUT2D eigenvalue weighted by Gasteiger charge is -2.46. The fraction of sp³-hybridized carbons (Fsp3) is 1.00. The Morgan fingerprint density at radius 1 is 0.333 bits per heavy atom. The molecule has 0 unspecified atom stereocenters. The first-order valence-electron chi connectivity index (χ1n) is 13.6. The molecule has 0 aliphatic heterocycles. The highest BCUT2D eigenvalue weighted by Crippen LogP contribution is 2.29. The Morgan fingerprint density at radius 2 is 0.556 bits per heavy atom. The molecule has 218 valence electrons. The van der Waals surface area contributed by atoms with Crippen LogP contribution in [0.5, 0.6) is 0 Å². The summed E-state index contributed by atoms with van der Waals surface area (Å²) in [6.45, 7) is 41.2. The Labute approximate surface area is 231 Å². The van der Waals surface area contributed by atoms with Gasteiger partial charge in [-0.05, 0) is 118 Å². The predicted octanol–water partition coefficient (Wildman–Crippen LogP) is 7.57. The zero-order valence-electron chi connectivity index (χ0n) is 27.2. The van der Waals surface area contributed by atoms with E-state index in [1.54, 1.807) is 0 Å². The zero-order chi connectivity index (χ0) is 29.0. The number of hydrogen-bond donors (Lipinski definition) is 0. The maximum Gasteiger partial charge on any atom is 0.184 e. The summed E-state index contributed by atoms with van der Waals surface area (Å²) in [5.74, 6) is 0. The molecule has 0 heterocycles. The van der Waals surface area contributed by atoms with Crippen molar-refractivity contribution in [1.29, 1.82) is 0 Å². The molecule has 0 aromatic heterocycles. The predicted molar refractivity (Wildman–Crippen MR) is 171 cm³/mol. The second-order valence-electron chi connectivity index (χ2n) is 15.8. The van der Waals surface area contributed by atoms with E-state index in [1.165, 1.54) is 0 Å². The lowest BCUT2D eigenvalue weighted by molar-refractivity contribution is -0.0958. The summed E-state index contributed by atoms with van der Waals surface area (Å²) in [5.41, 5.74) is 0. The van der Waals surface area contributed by atoms with Gasteiger partial charge in [-0.25, -0.2) is 0 Å². The van der Waals surface area contributed by atoms with Crippen molar-refractivity contribution >= 4 is 49.9 Å². The molecule has 0 aromatic carbocycles. The Hall–Kier alpha value is 1.06. The van der Waals surface area contributed by atoms with Crippen LogP contribution in [-0.4, -0.2) is 87.5 Å². The molecule has 0 aliphatic rings. The van der Waals surface area contributed by atoms with Crippen LogP contribution in [0.4, 0.5) is 0 Å². The minimum atomic E-state index is -1.99. The summed E-state index contributed by atoms with van der Waals surface area (Å²) < 4.78 is 40.7. The van der Waals surface area contributed by atoms with Gasteiger partial charge in [0, 0.05) is 0 Å². The first kappa shape index (κ1) is 37.1. The van der Waals surface area contributed by atoms with Crippen molar-refractivity contribution in [2.75, 3.05) is 13.2 Å². The molecule has 0 saturated heterocycles. The largest absolute Gasteiger partial charge is 0.415 e. The molecule has 0 saturated carbocycles. The van der Waals surface area contributed by atoms with Gasteiger partial charge < -0.3 is 26.6 Å². The van der Waals surface area contributed by atoms with Crippen LogP contribution in [0, 0.1) is 0 Å². The molecule has 0 rings (SSSR count). The average molecular weight is 615 g/mol. The molecule has 0 spiro atoms. The van der Waals surface area contributed by atoms with Crippen LogP contribution in [0.15, 0.2) is 0 Å². The van der Waals surface area contributed by atoms with E-state index in [9.17, 15) is 0 Å². The maximum absolute atomic E-state index is 7.01. The van der Waals surface area contributed by atoms with Crippen molar-refractivity contribution < 1.29 is 26.6 Å². The number of hydrogen-bond acceptors (Lipinski definition) is 6. The second-order valence-corrected chi connectivity index (χ2v) is 42.6. The second kappa shape index (κ2) is 13.6. The van der Waals surface area contributed by atoms with Crippen molar-refractivity contribution in [2.24, 2.45) is 0 Å². The van der Waals surface area contributed by atoms with E-state index < -0.39 is 49.9 Å². The molecule has 36 heavy (non-hydrogen) atoms. The molecule has 12 heteroatoms. The van der Waals surface area contributed by atoms with Gasteiger partial charge in [-0.1, -0.05) is 0 Å². The Kier molecular flexibility index (Phi) is 14.0. The van der Waals surface area contributed by atoms with E-state index in [4.69, 9.17) is 26.6 Å². The third kappa shape index (κ3) is 20.0. The van der Waals surface area contributed by atoms with Gasteiger partial charge in [0.05, 0.1) is 37.6 Å². The van der Waals surface area contributed by atoms with Crippen molar-refractivity contribution in [1.82, 2.24) is 0 Å². The van der Waals surface area contributed by atoms with Crippen LogP contribution >= 0.6 is 0 Å². The van der Waals surface area contributed by atoms with E-state index in [0.29, 0.717) is 13.2 Å². The molecule has 0 radical (unpaired) electrons.